The number of carbonyl (C=O) groups is 1. The summed E-state index contributed by atoms with van der Waals surface area (Å²) in [6, 6.07) is 16.1. The van der Waals surface area contributed by atoms with Crippen LogP contribution in [0.15, 0.2) is 59.5 Å². The smallest absolute Gasteiger partial charge is 0.261 e. The summed E-state index contributed by atoms with van der Waals surface area (Å²) in [5.41, 5.74) is 2.68. The Balaban J connectivity index is 2.12. The molecule has 0 spiro atoms. The normalized spacial score (nSPS) is 11.2. The lowest BCUT2D eigenvalue weighted by molar-refractivity contribution is 0.0967. The Kier molecular flexibility index (Phi) is 5.34. The fourth-order valence-electron chi connectivity index (χ4n) is 2.68. The monoisotopic (exact) mass is 401 g/mol. The first kappa shape index (κ1) is 19.1. The van der Waals surface area contributed by atoms with Crippen molar-refractivity contribution in [2.24, 2.45) is 0 Å². The molecule has 2 aromatic carbocycles. The molecule has 1 aromatic heterocycles. The van der Waals surface area contributed by atoms with E-state index in [4.69, 9.17) is 4.74 Å². The molecule has 0 fully saturated rings. The van der Waals surface area contributed by atoms with Gasteiger partial charge in [0.15, 0.2) is 9.84 Å². The lowest BCUT2D eigenvalue weighted by atomic mass is 10.0. The van der Waals surface area contributed by atoms with Gasteiger partial charge < -0.3 is 10.1 Å². The van der Waals surface area contributed by atoms with Crippen LogP contribution in [0.1, 0.15) is 9.67 Å². The number of benzene rings is 2. The number of methoxy groups -OCH3 is 1. The second-order valence-corrected chi connectivity index (χ2v) is 9.03. The van der Waals surface area contributed by atoms with Gasteiger partial charge in [0, 0.05) is 23.7 Å². The molecule has 0 atom stereocenters. The van der Waals surface area contributed by atoms with Crippen molar-refractivity contribution in [3.63, 3.8) is 0 Å². The van der Waals surface area contributed by atoms with E-state index in [9.17, 15) is 13.2 Å². The lowest BCUT2D eigenvalue weighted by Gasteiger charge is -2.06. The number of amides is 1. The molecule has 3 aromatic rings. The maximum absolute atomic E-state index is 12.1. The third-order valence-electron chi connectivity index (χ3n) is 4.13. The van der Waals surface area contributed by atoms with E-state index < -0.39 is 9.84 Å². The highest BCUT2D eigenvalue weighted by Gasteiger charge is 2.17. The van der Waals surface area contributed by atoms with Crippen molar-refractivity contribution in [2.75, 3.05) is 20.4 Å². The SMILES string of the molecule is CNC(=O)c1cc(-c2ccc(S(C)(=O)=O)cc2)c(-c2ccc(OC)cc2)s1. The van der Waals surface area contributed by atoms with Crippen LogP contribution in [-0.2, 0) is 9.84 Å². The number of thiophene rings is 1. The molecular formula is C20H19NO4S2. The molecule has 0 unspecified atom stereocenters. The van der Waals surface area contributed by atoms with Gasteiger partial charge in [0.2, 0.25) is 0 Å². The van der Waals surface area contributed by atoms with Gasteiger partial charge in [-0.15, -0.1) is 11.3 Å². The van der Waals surface area contributed by atoms with Crippen molar-refractivity contribution in [3.8, 4) is 27.3 Å². The fourth-order valence-corrected chi connectivity index (χ4v) is 4.44. The van der Waals surface area contributed by atoms with Gasteiger partial charge in [0.05, 0.1) is 16.9 Å². The zero-order valence-corrected chi connectivity index (χ0v) is 16.8. The molecule has 5 nitrogen and oxygen atoms in total. The Morgan fingerprint density at radius 1 is 1.00 bits per heavy atom. The Labute approximate surface area is 162 Å². The highest BCUT2D eigenvalue weighted by atomic mass is 32.2. The first-order valence-corrected chi connectivity index (χ1v) is 10.8. The molecule has 140 valence electrons. The first-order chi connectivity index (χ1) is 12.8. The lowest BCUT2D eigenvalue weighted by Crippen LogP contribution is -2.16. The molecule has 1 amide bonds. The minimum absolute atomic E-state index is 0.159. The summed E-state index contributed by atoms with van der Waals surface area (Å²) in [6.07, 6.45) is 1.18. The summed E-state index contributed by atoms with van der Waals surface area (Å²) in [5.74, 6) is 0.592. The van der Waals surface area contributed by atoms with Gasteiger partial charge in [-0.1, -0.05) is 12.1 Å². The summed E-state index contributed by atoms with van der Waals surface area (Å²) in [6.45, 7) is 0. The van der Waals surface area contributed by atoms with Crippen LogP contribution in [0.4, 0.5) is 0 Å². The Morgan fingerprint density at radius 2 is 1.59 bits per heavy atom. The number of carbonyl (C=O) groups excluding carboxylic acids is 1. The molecule has 0 aliphatic carbocycles. The van der Waals surface area contributed by atoms with Gasteiger partial charge in [-0.3, -0.25) is 4.79 Å². The number of nitrogens with one attached hydrogen (secondary N) is 1. The zero-order valence-electron chi connectivity index (χ0n) is 15.1. The molecule has 3 rings (SSSR count). The van der Waals surface area contributed by atoms with Crippen molar-refractivity contribution in [3.05, 3.63) is 59.5 Å². The van der Waals surface area contributed by atoms with Crippen molar-refractivity contribution < 1.29 is 17.9 Å². The van der Waals surface area contributed by atoms with Crippen LogP contribution < -0.4 is 10.1 Å². The molecular weight excluding hydrogens is 382 g/mol. The fraction of sp³-hybridized carbons (Fsp3) is 0.150. The third kappa shape index (κ3) is 4.04. The summed E-state index contributed by atoms with van der Waals surface area (Å²) < 4.78 is 28.6. The van der Waals surface area contributed by atoms with Crippen molar-refractivity contribution >= 4 is 27.1 Å². The molecule has 0 aliphatic heterocycles. The van der Waals surface area contributed by atoms with Gasteiger partial charge in [0.1, 0.15) is 5.75 Å². The van der Waals surface area contributed by atoms with E-state index in [1.807, 2.05) is 30.3 Å². The van der Waals surface area contributed by atoms with Gasteiger partial charge in [-0.25, -0.2) is 8.42 Å². The van der Waals surface area contributed by atoms with Gasteiger partial charge >= 0.3 is 0 Å². The highest BCUT2D eigenvalue weighted by molar-refractivity contribution is 7.90. The molecule has 0 radical (unpaired) electrons. The molecule has 0 aliphatic rings. The minimum Gasteiger partial charge on any atom is -0.497 e. The number of hydrogen-bond acceptors (Lipinski definition) is 5. The number of sulfone groups is 1. The van der Waals surface area contributed by atoms with E-state index in [1.54, 1.807) is 38.4 Å². The Morgan fingerprint density at radius 3 is 2.11 bits per heavy atom. The third-order valence-corrected chi connectivity index (χ3v) is 6.44. The maximum Gasteiger partial charge on any atom is 0.261 e. The van der Waals surface area contributed by atoms with Crippen molar-refractivity contribution in [1.82, 2.24) is 5.32 Å². The molecule has 0 saturated carbocycles. The Bertz CT molecular complexity index is 1070. The molecule has 27 heavy (non-hydrogen) atoms. The van der Waals surface area contributed by atoms with Gasteiger partial charge in [-0.05, 0) is 53.6 Å². The number of hydrogen-bond donors (Lipinski definition) is 1. The number of rotatable bonds is 5. The minimum atomic E-state index is -3.26. The van der Waals surface area contributed by atoms with Crippen molar-refractivity contribution in [1.29, 1.82) is 0 Å². The van der Waals surface area contributed by atoms with Crippen LogP contribution in [0.5, 0.6) is 5.75 Å². The van der Waals surface area contributed by atoms with Crippen LogP contribution in [-0.4, -0.2) is 34.7 Å². The summed E-state index contributed by atoms with van der Waals surface area (Å²) in [7, 11) is -0.0567. The van der Waals surface area contributed by atoms with Gasteiger partial charge in [-0.2, -0.15) is 0 Å². The summed E-state index contributed by atoms with van der Waals surface area (Å²) >= 11 is 1.39. The van der Waals surface area contributed by atoms with Crippen LogP contribution >= 0.6 is 11.3 Å². The largest absolute Gasteiger partial charge is 0.497 e. The van der Waals surface area contributed by atoms with Crippen LogP contribution in [0.3, 0.4) is 0 Å². The Hall–Kier alpha value is -2.64. The topological polar surface area (TPSA) is 72.5 Å². The van der Waals surface area contributed by atoms with E-state index in [0.717, 1.165) is 27.3 Å². The average Bonchev–Trinajstić information content (AvgIpc) is 3.12. The van der Waals surface area contributed by atoms with Gasteiger partial charge in [0.25, 0.3) is 5.91 Å². The van der Waals surface area contributed by atoms with Crippen LogP contribution in [0.2, 0.25) is 0 Å². The highest BCUT2D eigenvalue weighted by Crippen LogP contribution is 2.40. The molecule has 1 N–H and O–H groups in total. The molecule has 0 bridgehead atoms. The standard InChI is InChI=1S/C20H19NO4S2/c1-21-20(22)18-12-17(13-6-10-16(11-7-13)27(3,23)24)19(26-18)14-4-8-15(25-2)9-5-14/h4-12H,1-3H3,(H,21,22). The molecule has 1 heterocycles. The predicted octanol–water partition coefficient (Wildman–Crippen LogP) is 3.85. The van der Waals surface area contributed by atoms with E-state index in [1.165, 1.54) is 17.6 Å². The van der Waals surface area contributed by atoms with Crippen molar-refractivity contribution in [2.45, 2.75) is 4.90 Å². The maximum atomic E-state index is 12.1. The second kappa shape index (κ2) is 7.54. The second-order valence-electron chi connectivity index (χ2n) is 5.96. The predicted molar refractivity (Wildman–Crippen MR) is 108 cm³/mol. The number of ether oxygens (including phenoxy) is 1. The van der Waals surface area contributed by atoms with Crippen LogP contribution in [0, 0.1) is 0 Å². The van der Waals surface area contributed by atoms with E-state index in [0.29, 0.717) is 4.88 Å². The zero-order chi connectivity index (χ0) is 19.6. The molecule has 0 saturated heterocycles. The summed E-state index contributed by atoms with van der Waals surface area (Å²) in [4.78, 5) is 13.9. The van der Waals surface area contributed by atoms with E-state index in [2.05, 4.69) is 5.32 Å². The van der Waals surface area contributed by atoms with Crippen LogP contribution in [0.25, 0.3) is 21.6 Å². The van der Waals surface area contributed by atoms with E-state index in [-0.39, 0.29) is 10.8 Å². The summed E-state index contributed by atoms with van der Waals surface area (Å²) in [5, 5.41) is 2.64. The first-order valence-electron chi connectivity index (χ1n) is 8.14. The quantitative estimate of drug-likeness (QED) is 0.705. The average molecular weight is 402 g/mol. The molecule has 7 heteroatoms. The van der Waals surface area contributed by atoms with E-state index >= 15 is 0 Å².